The van der Waals surface area contributed by atoms with Crippen molar-refractivity contribution in [1.82, 2.24) is 9.29 Å². The van der Waals surface area contributed by atoms with Gasteiger partial charge in [-0.05, 0) is 30.9 Å². The molecule has 1 aromatic heterocycles. The zero-order valence-corrected chi connectivity index (χ0v) is 12.8. The summed E-state index contributed by atoms with van der Waals surface area (Å²) in [5, 5.41) is 2.77. The monoisotopic (exact) mass is 323 g/mol. The van der Waals surface area contributed by atoms with Crippen molar-refractivity contribution in [1.29, 1.82) is 0 Å². The molecule has 4 rings (SSSR count). The number of rotatable bonds is 4. The molecule has 1 aliphatic heterocycles. The van der Waals surface area contributed by atoms with Crippen molar-refractivity contribution in [2.24, 2.45) is 11.3 Å². The number of amides is 1. The molecule has 3 fully saturated rings. The first-order valence-electron chi connectivity index (χ1n) is 7.38. The first-order valence-corrected chi connectivity index (χ1v) is 8.82. The number of carbonyl (C=O) groups is 1. The molecule has 2 heterocycles. The predicted octanol–water partition coefficient (Wildman–Crippen LogP) is 0.451. The van der Waals surface area contributed by atoms with E-state index in [0.29, 0.717) is 38.0 Å². The summed E-state index contributed by atoms with van der Waals surface area (Å²) in [6.07, 6.45) is 3.25. The number of sulfonamides is 1. The van der Waals surface area contributed by atoms with Crippen molar-refractivity contribution < 1.29 is 17.9 Å². The van der Waals surface area contributed by atoms with Crippen LogP contribution in [-0.2, 0) is 19.6 Å². The molecule has 7 nitrogen and oxygen atoms in total. The Morgan fingerprint density at radius 3 is 2.55 bits per heavy atom. The van der Waals surface area contributed by atoms with E-state index in [1.807, 2.05) is 0 Å². The van der Waals surface area contributed by atoms with Crippen molar-refractivity contribution in [3.05, 3.63) is 18.3 Å². The third-order valence-electron chi connectivity index (χ3n) is 4.72. The average Bonchev–Trinajstić information content (AvgIpc) is 3.38. The summed E-state index contributed by atoms with van der Waals surface area (Å²) in [4.78, 5) is 16.2. The lowest BCUT2D eigenvalue weighted by Gasteiger charge is -2.25. The number of carbonyl (C=O) groups excluding carboxylic acids is 1. The molecule has 118 valence electrons. The van der Waals surface area contributed by atoms with Gasteiger partial charge in [0.25, 0.3) is 0 Å². The topological polar surface area (TPSA) is 88.6 Å². The first-order chi connectivity index (χ1) is 10.5. The second-order valence-corrected chi connectivity index (χ2v) is 8.05. The lowest BCUT2D eigenvalue weighted by Crippen LogP contribution is -2.40. The number of ether oxygens (including phenoxy) is 1. The number of aromatic nitrogens is 1. The fraction of sp³-hybridized carbons (Fsp3) is 0.571. The molecular weight excluding hydrogens is 306 g/mol. The van der Waals surface area contributed by atoms with E-state index in [4.69, 9.17) is 4.74 Å². The third kappa shape index (κ3) is 2.22. The van der Waals surface area contributed by atoms with Crippen LogP contribution in [0.5, 0.6) is 0 Å². The van der Waals surface area contributed by atoms with Gasteiger partial charge >= 0.3 is 0 Å². The number of nitrogens with one attached hydrogen (secondary N) is 1. The lowest BCUT2D eigenvalue weighted by atomic mass is 10.2. The average molecular weight is 323 g/mol. The van der Waals surface area contributed by atoms with Crippen LogP contribution < -0.4 is 5.32 Å². The Morgan fingerprint density at radius 1 is 1.32 bits per heavy atom. The number of pyridine rings is 1. The first kappa shape index (κ1) is 14.1. The molecule has 0 unspecified atom stereocenters. The fourth-order valence-electron chi connectivity index (χ4n) is 2.86. The Hall–Kier alpha value is -1.51. The number of fused-ring (bicyclic) bond motifs is 1. The Balaban J connectivity index is 1.47. The number of hydrogen-bond acceptors (Lipinski definition) is 5. The second kappa shape index (κ2) is 4.74. The van der Waals surface area contributed by atoms with Crippen LogP contribution in [0.4, 0.5) is 5.82 Å². The molecule has 3 aliphatic rings. The highest BCUT2D eigenvalue weighted by Gasteiger charge is 2.74. The molecule has 0 spiro atoms. The van der Waals surface area contributed by atoms with Crippen LogP contribution in [0, 0.1) is 11.3 Å². The summed E-state index contributed by atoms with van der Waals surface area (Å²) < 4.78 is 31.4. The van der Waals surface area contributed by atoms with Crippen LogP contribution >= 0.6 is 0 Å². The van der Waals surface area contributed by atoms with Gasteiger partial charge in [-0.15, -0.1) is 0 Å². The van der Waals surface area contributed by atoms with Crippen LogP contribution in [0.2, 0.25) is 0 Å². The van der Waals surface area contributed by atoms with Crippen LogP contribution in [0.3, 0.4) is 0 Å². The molecule has 1 aromatic rings. The van der Waals surface area contributed by atoms with Crippen molar-refractivity contribution >= 4 is 21.7 Å². The lowest BCUT2D eigenvalue weighted by molar-refractivity contribution is -0.119. The summed E-state index contributed by atoms with van der Waals surface area (Å²) in [5.41, 5.74) is -0.125. The standard InChI is InChI=1S/C14H17N3O4S/c18-13(14-7-10(14)8-14)16-12-2-1-11(9-15-12)22(19,20)17-3-5-21-6-4-17/h1-2,9-10H,3-8H2,(H,15,16,18). The third-order valence-corrected chi connectivity index (χ3v) is 6.60. The smallest absolute Gasteiger partial charge is 0.244 e. The van der Waals surface area contributed by atoms with Gasteiger partial charge in [0.2, 0.25) is 15.9 Å². The van der Waals surface area contributed by atoms with Crippen LogP contribution in [0.1, 0.15) is 12.8 Å². The normalized spacial score (nSPS) is 30.5. The van der Waals surface area contributed by atoms with E-state index in [1.54, 1.807) is 6.07 Å². The van der Waals surface area contributed by atoms with Gasteiger partial charge < -0.3 is 10.1 Å². The highest BCUT2D eigenvalue weighted by atomic mass is 32.2. The predicted molar refractivity (Wildman–Crippen MR) is 77.6 cm³/mol. The van der Waals surface area contributed by atoms with Gasteiger partial charge in [-0.25, -0.2) is 13.4 Å². The van der Waals surface area contributed by atoms with Gasteiger partial charge in [0.15, 0.2) is 0 Å². The molecule has 0 atom stereocenters. The van der Waals surface area contributed by atoms with Crippen LogP contribution in [0.15, 0.2) is 23.2 Å². The van der Waals surface area contributed by atoms with E-state index < -0.39 is 10.0 Å². The summed E-state index contributed by atoms with van der Waals surface area (Å²) >= 11 is 0. The second-order valence-electron chi connectivity index (χ2n) is 6.11. The Bertz CT molecular complexity index is 704. The van der Waals surface area contributed by atoms with Crippen molar-refractivity contribution in [2.75, 3.05) is 31.6 Å². The molecule has 1 amide bonds. The van der Waals surface area contributed by atoms with Crippen LogP contribution in [-0.4, -0.2) is 49.9 Å². The quantitative estimate of drug-likeness (QED) is 0.869. The maximum Gasteiger partial charge on any atom is 0.244 e. The largest absolute Gasteiger partial charge is 0.379 e. The number of hydrogen-bond donors (Lipinski definition) is 1. The fourth-order valence-corrected chi connectivity index (χ4v) is 4.21. The summed E-state index contributed by atoms with van der Waals surface area (Å²) in [6.45, 7) is 1.52. The van der Waals surface area contributed by atoms with Gasteiger partial charge in [-0.1, -0.05) is 0 Å². The maximum atomic E-state index is 12.4. The zero-order chi connectivity index (χ0) is 15.4. The molecule has 0 aromatic carbocycles. The van der Waals surface area contributed by atoms with Crippen molar-refractivity contribution in [3.8, 4) is 0 Å². The Kier molecular flexibility index (Phi) is 3.04. The Labute approximate surface area is 128 Å². The van der Waals surface area contributed by atoms with E-state index in [1.165, 1.54) is 16.6 Å². The number of nitrogens with zero attached hydrogens (tertiary/aromatic N) is 2. The van der Waals surface area contributed by atoms with Crippen molar-refractivity contribution in [2.45, 2.75) is 17.7 Å². The molecule has 8 heteroatoms. The van der Waals surface area contributed by atoms with E-state index >= 15 is 0 Å². The highest BCUT2D eigenvalue weighted by Crippen LogP contribution is 2.75. The van der Waals surface area contributed by atoms with Gasteiger partial charge in [-0.2, -0.15) is 4.31 Å². The Morgan fingerprint density at radius 2 is 2.00 bits per heavy atom. The summed E-state index contributed by atoms with van der Waals surface area (Å²) in [5.74, 6) is 0.972. The molecule has 2 aliphatic carbocycles. The molecule has 2 saturated carbocycles. The minimum Gasteiger partial charge on any atom is -0.379 e. The van der Waals surface area contributed by atoms with E-state index in [2.05, 4.69) is 10.3 Å². The minimum atomic E-state index is -3.54. The van der Waals surface area contributed by atoms with E-state index in [-0.39, 0.29) is 16.2 Å². The van der Waals surface area contributed by atoms with Crippen molar-refractivity contribution in [3.63, 3.8) is 0 Å². The van der Waals surface area contributed by atoms with Crippen LogP contribution in [0.25, 0.3) is 0 Å². The minimum absolute atomic E-state index is 0.00814. The van der Waals surface area contributed by atoms with E-state index in [0.717, 1.165) is 12.8 Å². The van der Waals surface area contributed by atoms with Gasteiger partial charge in [0, 0.05) is 19.3 Å². The number of morpholine rings is 1. The van der Waals surface area contributed by atoms with E-state index in [9.17, 15) is 13.2 Å². The summed E-state index contributed by atoms with van der Waals surface area (Å²) in [6, 6.07) is 3.03. The van der Waals surface area contributed by atoms with Gasteiger partial charge in [0.05, 0.1) is 18.6 Å². The molecule has 0 bridgehead atoms. The molecule has 1 saturated heterocycles. The number of anilines is 1. The highest BCUT2D eigenvalue weighted by molar-refractivity contribution is 7.89. The van der Waals surface area contributed by atoms with Gasteiger partial charge in [-0.3, -0.25) is 4.79 Å². The molecule has 0 radical (unpaired) electrons. The summed E-state index contributed by atoms with van der Waals surface area (Å²) in [7, 11) is -3.54. The zero-order valence-electron chi connectivity index (χ0n) is 12.0. The maximum absolute atomic E-state index is 12.4. The van der Waals surface area contributed by atoms with Gasteiger partial charge in [0.1, 0.15) is 10.7 Å². The molecule has 1 N–H and O–H groups in total. The molecule has 22 heavy (non-hydrogen) atoms. The molecular formula is C14H17N3O4S. The SMILES string of the molecule is O=C(Nc1ccc(S(=O)(=O)N2CCOCC2)cn1)C12CC1C2.